The van der Waals surface area contributed by atoms with Gasteiger partial charge in [-0.25, -0.2) is 0 Å². The summed E-state index contributed by atoms with van der Waals surface area (Å²) in [5.74, 6) is 0.928. The van der Waals surface area contributed by atoms with E-state index < -0.39 is 0 Å². The molecule has 0 heterocycles. The van der Waals surface area contributed by atoms with Gasteiger partial charge >= 0.3 is 0 Å². The zero-order valence-electron chi connectivity index (χ0n) is 9.33. The lowest BCUT2D eigenvalue weighted by atomic mass is 10.1. The molecule has 0 atom stereocenters. The Labute approximate surface area is 91.7 Å². The van der Waals surface area contributed by atoms with E-state index in [9.17, 15) is 0 Å². The lowest BCUT2D eigenvalue weighted by Gasteiger charge is -2.11. The molecule has 0 spiro atoms. The number of benzene rings is 1. The maximum absolute atomic E-state index is 5.69. The summed E-state index contributed by atoms with van der Waals surface area (Å²) in [6.45, 7) is 7.24. The topological polar surface area (TPSA) is 35.2 Å². The highest BCUT2D eigenvalue weighted by Gasteiger charge is 2.01. The quantitative estimate of drug-likeness (QED) is 0.724. The van der Waals surface area contributed by atoms with E-state index in [0.29, 0.717) is 13.2 Å². The molecule has 1 rings (SSSR count). The van der Waals surface area contributed by atoms with Crippen LogP contribution in [-0.2, 0) is 6.42 Å². The fraction of sp³-hybridized carbons (Fsp3) is 0.385. The van der Waals surface area contributed by atoms with Gasteiger partial charge in [0.15, 0.2) is 0 Å². The highest BCUT2D eigenvalue weighted by atomic mass is 16.5. The Kier molecular flexibility index (Phi) is 4.91. The van der Waals surface area contributed by atoms with Gasteiger partial charge in [0.1, 0.15) is 12.4 Å². The van der Waals surface area contributed by atoms with E-state index in [-0.39, 0.29) is 0 Å². The van der Waals surface area contributed by atoms with Crippen molar-refractivity contribution >= 4 is 0 Å². The van der Waals surface area contributed by atoms with Crippen molar-refractivity contribution in [2.45, 2.75) is 19.8 Å². The molecule has 0 aliphatic carbocycles. The fourth-order valence-corrected chi connectivity index (χ4v) is 1.29. The average Bonchev–Trinajstić information content (AvgIpc) is 2.28. The summed E-state index contributed by atoms with van der Waals surface area (Å²) < 4.78 is 5.69. The SMILES string of the molecule is C=C(CC)COc1ccccc1CCN. The summed E-state index contributed by atoms with van der Waals surface area (Å²) in [5.41, 5.74) is 7.82. The first-order valence-electron chi connectivity index (χ1n) is 5.35. The molecule has 15 heavy (non-hydrogen) atoms. The molecular weight excluding hydrogens is 186 g/mol. The molecular formula is C13H19NO. The van der Waals surface area contributed by atoms with Gasteiger partial charge in [-0.2, -0.15) is 0 Å². The first-order valence-corrected chi connectivity index (χ1v) is 5.35. The number of hydrogen-bond donors (Lipinski definition) is 1. The number of rotatable bonds is 6. The monoisotopic (exact) mass is 205 g/mol. The molecule has 0 aliphatic heterocycles. The maximum Gasteiger partial charge on any atom is 0.123 e. The molecule has 0 saturated carbocycles. The summed E-state index contributed by atoms with van der Waals surface area (Å²) in [4.78, 5) is 0. The van der Waals surface area contributed by atoms with E-state index in [1.165, 1.54) is 5.56 Å². The highest BCUT2D eigenvalue weighted by Crippen LogP contribution is 2.18. The van der Waals surface area contributed by atoms with Gasteiger partial charge in [0, 0.05) is 0 Å². The van der Waals surface area contributed by atoms with Gasteiger partial charge in [0.25, 0.3) is 0 Å². The van der Waals surface area contributed by atoms with Gasteiger partial charge in [-0.1, -0.05) is 31.7 Å². The predicted octanol–water partition coefficient (Wildman–Crippen LogP) is 2.53. The molecule has 2 heteroatoms. The van der Waals surface area contributed by atoms with Crippen LogP contribution in [-0.4, -0.2) is 13.2 Å². The minimum Gasteiger partial charge on any atom is -0.489 e. The van der Waals surface area contributed by atoms with Crippen LogP contribution in [0.5, 0.6) is 5.75 Å². The summed E-state index contributed by atoms with van der Waals surface area (Å²) >= 11 is 0. The van der Waals surface area contributed by atoms with E-state index in [1.54, 1.807) is 0 Å². The van der Waals surface area contributed by atoms with Crippen molar-refractivity contribution in [3.8, 4) is 5.75 Å². The van der Waals surface area contributed by atoms with Crippen molar-refractivity contribution in [2.24, 2.45) is 5.73 Å². The largest absolute Gasteiger partial charge is 0.489 e. The van der Waals surface area contributed by atoms with E-state index in [1.807, 2.05) is 18.2 Å². The second-order valence-corrected chi connectivity index (χ2v) is 3.54. The van der Waals surface area contributed by atoms with Gasteiger partial charge in [0.05, 0.1) is 0 Å². The van der Waals surface area contributed by atoms with Gasteiger partial charge < -0.3 is 10.5 Å². The van der Waals surface area contributed by atoms with Crippen LogP contribution < -0.4 is 10.5 Å². The minimum atomic E-state index is 0.595. The van der Waals surface area contributed by atoms with Gasteiger partial charge in [-0.3, -0.25) is 0 Å². The predicted molar refractivity (Wildman–Crippen MR) is 64.1 cm³/mol. The maximum atomic E-state index is 5.69. The van der Waals surface area contributed by atoms with Crippen LogP contribution in [0.1, 0.15) is 18.9 Å². The summed E-state index contributed by atoms with van der Waals surface area (Å²) in [7, 11) is 0. The second kappa shape index (κ2) is 6.25. The molecule has 0 fully saturated rings. The van der Waals surface area contributed by atoms with Crippen molar-refractivity contribution in [3.63, 3.8) is 0 Å². The molecule has 0 aliphatic rings. The fourth-order valence-electron chi connectivity index (χ4n) is 1.29. The second-order valence-electron chi connectivity index (χ2n) is 3.54. The van der Waals surface area contributed by atoms with Crippen LogP contribution >= 0.6 is 0 Å². The number of nitrogens with two attached hydrogens (primary N) is 1. The lowest BCUT2D eigenvalue weighted by Crippen LogP contribution is -2.06. The first-order chi connectivity index (χ1) is 7.27. The molecule has 0 unspecified atom stereocenters. The molecule has 0 aromatic heterocycles. The average molecular weight is 205 g/mol. The van der Waals surface area contributed by atoms with Crippen molar-refractivity contribution in [3.05, 3.63) is 42.0 Å². The Morgan fingerprint density at radius 3 is 2.80 bits per heavy atom. The van der Waals surface area contributed by atoms with Crippen LogP contribution in [0, 0.1) is 0 Å². The third-order valence-electron chi connectivity index (χ3n) is 2.32. The molecule has 0 bridgehead atoms. The standard InChI is InChI=1S/C13H19NO/c1-3-11(2)10-15-13-7-5-4-6-12(13)8-9-14/h4-7H,2-3,8-10,14H2,1H3. The van der Waals surface area contributed by atoms with Crippen LogP contribution in [0.4, 0.5) is 0 Å². The van der Waals surface area contributed by atoms with E-state index >= 15 is 0 Å². The van der Waals surface area contributed by atoms with Gasteiger partial charge in [-0.05, 0) is 36.6 Å². The zero-order valence-corrected chi connectivity index (χ0v) is 9.33. The minimum absolute atomic E-state index is 0.595. The molecule has 2 nitrogen and oxygen atoms in total. The Balaban J connectivity index is 2.62. The molecule has 1 aromatic rings. The summed E-state index contributed by atoms with van der Waals surface area (Å²) in [6.07, 6.45) is 1.81. The molecule has 2 N–H and O–H groups in total. The van der Waals surface area contributed by atoms with Crippen molar-refractivity contribution in [1.29, 1.82) is 0 Å². The van der Waals surface area contributed by atoms with E-state index in [0.717, 1.165) is 24.2 Å². The van der Waals surface area contributed by atoms with Crippen LogP contribution in [0.2, 0.25) is 0 Å². The molecule has 0 radical (unpaired) electrons. The summed E-state index contributed by atoms with van der Waals surface area (Å²) in [5, 5.41) is 0. The van der Waals surface area contributed by atoms with Crippen LogP contribution in [0.15, 0.2) is 36.4 Å². The van der Waals surface area contributed by atoms with Gasteiger partial charge in [0.2, 0.25) is 0 Å². The number of para-hydroxylation sites is 1. The Morgan fingerprint density at radius 2 is 2.13 bits per heavy atom. The first kappa shape index (κ1) is 11.8. The lowest BCUT2D eigenvalue weighted by molar-refractivity contribution is 0.345. The van der Waals surface area contributed by atoms with Gasteiger partial charge in [-0.15, -0.1) is 0 Å². The normalized spacial score (nSPS) is 10.0. The van der Waals surface area contributed by atoms with Crippen molar-refractivity contribution in [2.75, 3.05) is 13.2 Å². The number of hydrogen-bond acceptors (Lipinski definition) is 2. The smallest absolute Gasteiger partial charge is 0.123 e. The van der Waals surface area contributed by atoms with Crippen LogP contribution in [0.25, 0.3) is 0 Å². The van der Waals surface area contributed by atoms with Crippen molar-refractivity contribution < 1.29 is 4.74 Å². The summed E-state index contributed by atoms with van der Waals surface area (Å²) in [6, 6.07) is 8.02. The van der Waals surface area contributed by atoms with E-state index in [2.05, 4.69) is 19.6 Å². The highest BCUT2D eigenvalue weighted by molar-refractivity contribution is 5.33. The third kappa shape index (κ3) is 3.76. The van der Waals surface area contributed by atoms with E-state index in [4.69, 9.17) is 10.5 Å². The Bertz CT molecular complexity index is 320. The zero-order chi connectivity index (χ0) is 11.1. The van der Waals surface area contributed by atoms with Crippen LogP contribution in [0.3, 0.4) is 0 Å². The third-order valence-corrected chi connectivity index (χ3v) is 2.32. The number of ether oxygens (including phenoxy) is 1. The molecule has 0 amide bonds. The molecule has 0 saturated heterocycles. The Morgan fingerprint density at radius 1 is 1.40 bits per heavy atom. The van der Waals surface area contributed by atoms with Crippen molar-refractivity contribution in [1.82, 2.24) is 0 Å². The Hall–Kier alpha value is -1.28. The molecule has 82 valence electrons. The molecule has 1 aromatic carbocycles.